The molecule has 6 nitrogen and oxygen atoms in total. The van der Waals surface area contributed by atoms with E-state index in [9.17, 15) is 4.79 Å². The van der Waals surface area contributed by atoms with Crippen molar-refractivity contribution in [3.05, 3.63) is 52.8 Å². The highest BCUT2D eigenvalue weighted by molar-refractivity contribution is 5.83. The molecule has 2 aromatic heterocycles. The first-order chi connectivity index (χ1) is 14.7. The Morgan fingerprint density at radius 1 is 1.07 bits per heavy atom. The predicted octanol–water partition coefficient (Wildman–Crippen LogP) is 3.86. The number of piperidine rings is 1. The molecule has 3 heterocycles. The first kappa shape index (κ1) is 20.4. The van der Waals surface area contributed by atoms with Crippen LogP contribution in [0, 0.1) is 0 Å². The molecule has 1 aromatic carbocycles. The van der Waals surface area contributed by atoms with Gasteiger partial charge in [-0.05, 0) is 68.8 Å². The summed E-state index contributed by atoms with van der Waals surface area (Å²) in [5.41, 5.74) is 2.09. The number of methoxy groups -OCH3 is 1. The van der Waals surface area contributed by atoms with Gasteiger partial charge in [0.15, 0.2) is 5.75 Å². The van der Waals surface area contributed by atoms with Crippen LogP contribution in [0.4, 0.5) is 0 Å². The number of hydrogen-bond donors (Lipinski definition) is 0. The second-order valence-corrected chi connectivity index (χ2v) is 7.77. The fourth-order valence-corrected chi connectivity index (χ4v) is 4.21. The molecular weight excluding hydrogens is 378 g/mol. The Bertz CT molecular complexity index is 1050. The molecule has 1 fully saturated rings. The molecule has 6 heteroatoms. The van der Waals surface area contributed by atoms with E-state index < -0.39 is 0 Å². The summed E-state index contributed by atoms with van der Waals surface area (Å²) in [5, 5.41) is 0.550. The molecule has 4 rings (SSSR count). The van der Waals surface area contributed by atoms with E-state index >= 15 is 0 Å². The summed E-state index contributed by atoms with van der Waals surface area (Å²) in [7, 11) is 3.43. The molecule has 0 radical (unpaired) electrons. The van der Waals surface area contributed by atoms with Crippen LogP contribution < -0.4 is 14.9 Å². The van der Waals surface area contributed by atoms with Crippen LogP contribution in [0.25, 0.3) is 22.3 Å². The van der Waals surface area contributed by atoms with Gasteiger partial charge in [0.05, 0.1) is 24.8 Å². The lowest BCUT2D eigenvalue weighted by molar-refractivity contribution is 0.205. The highest BCUT2D eigenvalue weighted by atomic mass is 16.5. The van der Waals surface area contributed by atoms with Crippen LogP contribution in [0.3, 0.4) is 0 Å². The fraction of sp³-hybridized carbons (Fsp3) is 0.417. The van der Waals surface area contributed by atoms with Gasteiger partial charge >= 0.3 is 0 Å². The molecule has 0 spiro atoms. The summed E-state index contributed by atoms with van der Waals surface area (Å²) >= 11 is 0. The predicted molar refractivity (Wildman–Crippen MR) is 119 cm³/mol. The van der Waals surface area contributed by atoms with Gasteiger partial charge in [0.2, 0.25) is 5.43 Å². The van der Waals surface area contributed by atoms with Crippen molar-refractivity contribution in [1.29, 1.82) is 0 Å². The van der Waals surface area contributed by atoms with E-state index in [2.05, 4.69) is 9.88 Å². The van der Waals surface area contributed by atoms with E-state index in [-0.39, 0.29) is 5.43 Å². The normalized spacial score (nSPS) is 14.7. The minimum absolute atomic E-state index is 0.147. The number of aromatic nitrogens is 2. The van der Waals surface area contributed by atoms with Crippen LogP contribution >= 0.6 is 0 Å². The van der Waals surface area contributed by atoms with Gasteiger partial charge in [-0.1, -0.05) is 6.42 Å². The van der Waals surface area contributed by atoms with E-state index in [0.717, 1.165) is 24.3 Å². The standard InChI is InChI=1S/C24H29N3O3/c1-26-21(23(29-2)22(28)20-8-6-13-25-24(20)26)18-9-11-19(12-10-18)30-17-7-16-27-14-4-3-5-15-27/h6,8-13H,3-5,7,14-17H2,1-2H3. The Kier molecular flexibility index (Phi) is 6.33. The quantitative estimate of drug-likeness (QED) is 0.557. The zero-order valence-corrected chi connectivity index (χ0v) is 17.8. The minimum Gasteiger partial charge on any atom is -0.494 e. The van der Waals surface area contributed by atoms with Crippen molar-refractivity contribution in [3.63, 3.8) is 0 Å². The van der Waals surface area contributed by atoms with E-state index in [1.165, 1.54) is 39.5 Å². The summed E-state index contributed by atoms with van der Waals surface area (Å²) in [6, 6.07) is 11.4. The summed E-state index contributed by atoms with van der Waals surface area (Å²) < 4.78 is 13.3. The summed E-state index contributed by atoms with van der Waals surface area (Å²) in [5.74, 6) is 1.16. The average molecular weight is 408 g/mol. The number of fused-ring (bicyclic) bond motifs is 1. The molecule has 3 aromatic rings. The van der Waals surface area contributed by atoms with E-state index in [0.29, 0.717) is 29.1 Å². The monoisotopic (exact) mass is 407 g/mol. The van der Waals surface area contributed by atoms with Gasteiger partial charge in [0, 0.05) is 25.4 Å². The van der Waals surface area contributed by atoms with Gasteiger partial charge in [-0.2, -0.15) is 0 Å². The molecule has 0 bridgehead atoms. The van der Waals surface area contributed by atoms with E-state index in [1.54, 1.807) is 18.3 Å². The molecule has 0 N–H and O–H groups in total. The number of benzene rings is 1. The third-order valence-electron chi connectivity index (χ3n) is 5.77. The maximum absolute atomic E-state index is 12.9. The lowest BCUT2D eigenvalue weighted by Crippen LogP contribution is -2.31. The molecule has 1 aliphatic rings. The first-order valence-corrected chi connectivity index (χ1v) is 10.7. The molecule has 0 atom stereocenters. The Morgan fingerprint density at radius 3 is 2.57 bits per heavy atom. The van der Waals surface area contributed by atoms with Crippen molar-refractivity contribution in [3.8, 4) is 22.8 Å². The van der Waals surface area contributed by atoms with Gasteiger partial charge in [0.1, 0.15) is 11.4 Å². The summed E-state index contributed by atoms with van der Waals surface area (Å²) in [6.45, 7) is 4.24. The van der Waals surface area contributed by atoms with Crippen LogP contribution in [-0.2, 0) is 7.05 Å². The minimum atomic E-state index is -0.147. The topological polar surface area (TPSA) is 56.6 Å². The second-order valence-electron chi connectivity index (χ2n) is 7.77. The molecule has 30 heavy (non-hydrogen) atoms. The van der Waals surface area contributed by atoms with Crippen LogP contribution in [0.5, 0.6) is 11.5 Å². The molecular formula is C24H29N3O3. The SMILES string of the molecule is COc1c(-c2ccc(OCCCN3CCCCC3)cc2)n(C)c2ncccc2c1=O. The second kappa shape index (κ2) is 9.30. The van der Waals surface area contributed by atoms with Crippen LogP contribution in [0.2, 0.25) is 0 Å². The van der Waals surface area contributed by atoms with Gasteiger partial charge in [-0.3, -0.25) is 4.79 Å². The van der Waals surface area contributed by atoms with Crippen molar-refractivity contribution >= 4 is 11.0 Å². The number of aryl methyl sites for hydroxylation is 1. The molecule has 0 aliphatic carbocycles. The molecule has 1 saturated heterocycles. The Morgan fingerprint density at radius 2 is 1.83 bits per heavy atom. The smallest absolute Gasteiger partial charge is 0.233 e. The molecule has 0 amide bonds. The Labute approximate surface area is 177 Å². The fourth-order valence-electron chi connectivity index (χ4n) is 4.21. The van der Waals surface area contributed by atoms with Gasteiger partial charge in [-0.15, -0.1) is 0 Å². The maximum Gasteiger partial charge on any atom is 0.233 e. The van der Waals surface area contributed by atoms with Crippen LogP contribution in [0.1, 0.15) is 25.7 Å². The third kappa shape index (κ3) is 4.19. The highest BCUT2D eigenvalue weighted by Gasteiger charge is 2.18. The van der Waals surface area contributed by atoms with E-state index in [4.69, 9.17) is 9.47 Å². The van der Waals surface area contributed by atoms with Crippen molar-refractivity contribution in [2.24, 2.45) is 7.05 Å². The number of rotatable bonds is 7. The van der Waals surface area contributed by atoms with Gasteiger partial charge in [0.25, 0.3) is 0 Å². The number of ether oxygens (including phenoxy) is 2. The number of hydrogen-bond acceptors (Lipinski definition) is 5. The van der Waals surface area contributed by atoms with Crippen LogP contribution in [0.15, 0.2) is 47.4 Å². The summed E-state index contributed by atoms with van der Waals surface area (Å²) in [4.78, 5) is 19.8. The number of likely N-dealkylation sites (tertiary alicyclic amines) is 1. The summed E-state index contributed by atoms with van der Waals surface area (Å²) in [6.07, 6.45) is 6.72. The molecule has 158 valence electrons. The van der Waals surface area contributed by atoms with Crippen LogP contribution in [-0.4, -0.2) is 47.8 Å². The number of pyridine rings is 2. The highest BCUT2D eigenvalue weighted by Crippen LogP contribution is 2.30. The lowest BCUT2D eigenvalue weighted by atomic mass is 10.1. The average Bonchev–Trinajstić information content (AvgIpc) is 2.80. The van der Waals surface area contributed by atoms with E-state index in [1.807, 2.05) is 35.9 Å². The Hall–Kier alpha value is -2.86. The van der Waals surface area contributed by atoms with Gasteiger partial charge in [-0.25, -0.2) is 4.98 Å². The number of nitrogens with zero attached hydrogens (tertiary/aromatic N) is 3. The van der Waals surface area contributed by atoms with Crippen molar-refractivity contribution in [2.45, 2.75) is 25.7 Å². The lowest BCUT2D eigenvalue weighted by Gasteiger charge is -2.26. The van der Waals surface area contributed by atoms with Crippen molar-refractivity contribution in [1.82, 2.24) is 14.5 Å². The molecule has 0 unspecified atom stereocenters. The zero-order valence-electron chi connectivity index (χ0n) is 17.8. The third-order valence-corrected chi connectivity index (χ3v) is 5.77. The largest absolute Gasteiger partial charge is 0.494 e. The zero-order chi connectivity index (χ0) is 20.9. The molecule has 0 saturated carbocycles. The Balaban J connectivity index is 1.49. The molecule has 1 aliphatic heterocycles. The first-order valence-electron chi connectivity index (χ1n) is 10.7. The maximum atomic E-state index is 12.9. The van der Waals surface area contributed by atoms with Gasteiger partial charge < -0.3 is 18.9 Å². The van der Waals surface area contributed by atoms with Crippen molar-refractivity contribution < 1.29 is 9.47 Å². The van der Waals surface area contributed by atoms with Crippen molar-refractivity contribution in [2.75, 3.05) is 33.4 Å².